The number of methoxy groups -OCH3 is 1. The van der Waals surface area contributed by atoms with Crippen LogP contribution in [0.2, 0.25) is 5.02 Å². The Morgan fingerprint density at radius 3 is 2.62 bits per heavy atom. The van der Waals surface area contributed by atoms with Crippen LogP contribution in [0.4, 0.5) is 8.78 Å². The van der Waals surface area contributed by atoms with Gasteiger partial charge in [-0.3, -0.25) is 11.3 Å². The van der Waals surface area contributed by atoms with Crippen molar-refractivity contribution in [2.75, 3.05) is 7.11 Å². The minimum Gasteiger partial charge on any atom is -0.494 e. The maximum atomic E-state index is 13.7. The second-order valence-electron chi connectivity index (χ2n) is 4.55. The molecule has 0 radical (unpaired) electrons. The van der Waals surface area contributed by atoms with E-state index in [4.69, 9.17) is 22.2 Å². The van der Waals surface area contributed by atoms with E-state index < -0.39 is 11.9 Å². The lowest BCUT2D eigenvalue weighted by Gasteiger charge is -2.18. The summed E-state index contributed by atoms with van der Waals surface area (Å²) in [6, 6.07) is 8.24. The Balaban J connectivity index is 2.27. The van der Waals surface area contributed by atoms with Gasteiger partial charge in [0.2, 0.25) is 0 Å². The number of rotatable bonds is 5. The third-order valence-electron chi connectivity index (χ3n) is 3.21. The molecule has 0 aliphatic carbocycles. The average Bonchev–Trinajstić information content (AvgIpc) is 2.48. The Morgan fingerprint density at radius 1 is 1.24 bits per heavy atom. The van der Waals surface area contributed by atoms with Crippen molar-refractivity contribution < 1.29 is 13.5 Å². The molecule has 0 bridgehead atoms. The fraction of sp³-hybridized carbons (Fsp3) is 0.200. The molecule has 1 atom stereocenters. The SMILES string of the molecule is COc1ccc(C(Cc2cc(F)ccc2Cl)NN)cc1F. The molecule has 0 spiro atoms. The van der Waals surface area contributed by atoms with Crippen LogP contribution in [0.25, 0.3) is 0 Å². The zero-order chi connectivity index (χ0) is 15.4. The van der Waals surface area contributed by atoms with E-state index in [0.717, 1.165) is 0 Å². The van der Waals surface area contributed by atoms with Crippen molar-refractivity contribution in [3.8, 4) is 5.75 Å². The summed E-state index contributed by atoms with van der Waals surface area (Å²) in [5, 5.41) is 0.436. The molecule has 2 rings (SSSR count). The van der Waals surface area contributed by atoms with Crippen LogP contribution in [0.5, 0.6) is 5.75 Å². The smallest absolute Gasteiger partial charge is 0.165 e. The van der Waals surface area contributed by atoms with Crippen molar-refractivity contribution >= 4 is 11.6 Å². The summed E-state index contributed by atoms with van der Waals surface area (Å²) in [5.41, 5.74) is 3.80. The molecule has 0 saturated carbocycles. The second-order valence-corrected chi connectivity index (χ2v) is 4.96. The van der Waals surface area contributed by atoms with Gasteiger partial charge in [0.05, 0.1) is 13.2 Å². The molecule has 0 aromatic heterocycles. The average molecular weight is 313 g/mol. The van der Waals surface area contributed by atoms with E-state index in [-0.39, 0.29) is 11.6 Å². The predicted molar refractivity (Wildman–Crippen MR) is 78.1 cm³/mol. The molecule has 2 aromatic rings. The molecule has 112 valence electrons. The molecule has 1 unspecified atom stereocenters. The molecule has 21 heavy (non-hydrogen) atoms. The fourth-order valence-corrected chi connectivity index (χ4v) is 2.29. The van der Waals surface area contributed by atoms with E-state index in [1.54, 1.807) is 6.07 Å². The van der Waals surface area contributed by atoms with Gasteiger partial charge >= 0.3 is 0 Å². The molecule has 0 aliphatic rings. The van der Waals surface area contributed by atoms with Crippen LogP contribution in [0.1, 0.15) is 17.2 Å². The molecular formula is C15H15ClF2N2O. The second kappa shape index (κ2) is 6.85. The largest absolute Gasteiger partial charge is 0.494 e. The van der Waals surface area contributed by atoms with Crippen molar-refractivity contribution in [1.82, 2.24) is 5.43 Å². The summed E-state index contributed by atoms with van der Waals surface area (Å²) in [7, 11) is 1.39. The van der Waals surface area contributed by atoms with Crippen LogP contribution in [0.3, 0.4) is 0 Å². The van der Waals surface area contributed by atoms with Gasteiger partial charge in [-0.05, 0) is 47.9 Å². The summed E-state index contributed by atoms with van der Waals surface area (Å²) >= 11 is 6.03. The Hall–Kier alpha value is -1.69. The molecule has 0 aliphatic heterocycles. The molecule has 0 saturated heterocycles. The van der Waals surface area contributed by atoms with E-state index >= 15 is 0 Å². The summed E-state index contributed by atoms with van der Waals surface area (Å²) in [6.45, 7) is 0. The van der Waals surface area contributed by atoms with Gasteiger partial charge in [0.15, 0.2) is 11.6 Å². The van der Waals surface area contributed by atoms with Crippen molar-refractivity contribution in [3.63, 3.8) is 0 Å². The number of nitrogens with two attached hydrogens (primary N) is 1. The number of hydrogen-bond donors (Lipinski definition) is 2. The molecule has 0 amide bonds. The normalized spacial score (nSPS) is 12.2. The first-order valence-electron chi connectivity index (χ1n) is 6.28. The van der Waals surface area contributed by atoms with Crippen molar-refractivity contribution in [2.45, 2.75) is 12.5 Å². The highest BCUT2D eigenvalue weighted by Crippen LogP contribution is 2.26. The molecule has 6 heteroatoms. The van der Waals surface area contributed by atoms with E-state index in [9.17, 15) is 8.78 Å². The quantitative estimate of drug-likeness (QED) is 0.657. The number of ether oxygens (including phenoxy) is 1. The highest BCUT2D eigenvalue weighted by atomic mass is 35.5. The van der Waals surface area contributed by atoms with Gasteiger partial charge in [0, 0.05) is 5.02 Å². The lowest BCUT2D eigenvalue weighted by atomic mass is 9.99. The highest BCUT2D eigenvalue weighted by Gasteiger charge is 2.15. The lowest BCUT2D eigenvalue weighted by Crippen LogP contribution is -2.29. The number of nitrogens with one attached hydrogen (secondary N) is 1. The Kier molecular flexibility index (Phi) is 5.12. The van der Waals surface area contributed by atoms with Crippen molar-refractivity contribution in [2.24, 2.45) is 5.84 Å². The third-order valence-corrected chi connectivity index (χ3v) is 3.58. The first-order chi connectivity index (χ1) is 10.0. The molecule has 3 N–H and O–H groups in total. The Labute approximate surface area is 126 Å². The molecule has 0 fully saturated rings. The maximum Gasteiger partial charge on any atom is 0.165 e. The number of benzene rings is 2. The first-order valence-corrected chi connectivity index (χ1v) is 6.66. The van der Waals surface area contributed by atoms with E-state index in [1.807, 2.05) is 0 Å². The summed E-state index contributed by atoms with van der Waals surface area (Å²) in [5.74, 6) is 4.80. The fourth-order valence-electron chi connectivity index (χ4n) is 2.09. The zero-order valence-electron chi connectivity index (χ0n) is 11.4. The van der Waals surface area contributed by atoms with Crippen LogP contribution in [0.15, 0.2) is 36.4 Å². The van der Waals surface area contributed by atoms with Crippen LogP contribution < -0.4 is 16.0 Å². The zero-order valence-corrected chi connectivity index (χ0v) is 12.1. The van der Waals surface area contributed by atoms with Crippen LogP contribution in [0, 0.1) is 11.6 Å². The van der Waals surface area contributed by atoms with Crippen molar-refractivity contribution in [3.05, 3.63) is 64.2 Å². The molecule has 0 heterocycles. The van der Waals surface area contributed by atoms with Gasteiger partial charge in [0.25, 0.3) is 0 Å². The standard InChI is InChI=1S/C15H15ClF2N2O/c1-21-15-5-2-9(7-13(15)18)14(20-19)8-10-6-11(17)3-4-12(10)16/h2-7,14,20H,8,19H2,1H3. The van der Waals surface area contributed by atoms with Gasteiger partial charge in [-0.1, -0.05) is 17.7 Å². The number of halogens is 3. The van der Waals surface area contributed by atoms with Crippen molar-refractivity contribution in [1.29, 1.82) is 0 Å². The Bertz CT molecular complexity index is 637. The summed E-state index contributed by atoms with van der Waals surface area (Å²) in [4.78, 5) is 0. The first kappa shape index (κ1) is 15.7. The summed E-state index contributed by atoms with van der Waals surface area (Å²) < 4.78 is 31.9. The molecule has 3 nitrogen and oxygen atoms in total. The summed E-state index contributed by atoms with van der Waals surface area (Å²) in [6.07, 6.45) is 0.332. The van der Waals surface area contributed by atoms with Crippen LogP contribution in [-0.2, 0) is 6.42 Å². The predicted octanol–water partition coefficient (Wildman–Crippen LogP) is 3.37. The van der Waals surface area contributed by atoms with Crippen LogP contribution in [-0.4, -0.2) is 7.11 Å². The highest BCUT2D eigenvalue weighted by molar-refractivity contribution is 6.31. The Morgan fingerprint density at radius 2 is 2.00 bits per heavy atom. The monoisotopic (exact) mass is 312 g/mol. The van der Waals surface area contributed by atoms with Gasteiger partial charge in [-0.25, -0.2) is 8.78 Å². The van der Waals surface area contributed by atoms with Gasteiger partial charge < -0.3 is 4.74 Å². The topological polar surface area (TPSA) is 47.3 Å². The maximum absolute atomic E-state index is 13.7. The lowest BCUT2D eigenvalue weighted by molar-refractivity contribution is 0.385. The molecular weight excluding hydrogens is 298 g/mol. The molecule has 2 aromatic carbocycles. The van der Waals surface area contributed by atoms with Crippen LogP contribution >= 0.6 is 11.6 Å². The minimum absolute atomic E-state index is 0.151. The van der Waals surface area contributed by atoms with Gasteiger partial charge in [-0.2, -0.15) is 0 Å². The van der Waals surface area contributed by atoms with Gasteiger partial charge in [-0.15, -0.1) is 0 Å². The number of hydrazine groups is 1. The van der Waals surface area contributed by atoms with E-state index in [0.29, 0.717) is 22.6 Å². The number of hydrogen-bond acceptors (Lipinski definition) is 3. The minimum atomic E-state index is -0.486. The third kappa shape index (κ3) is 3.69. The van der Waals surface area contributed by atoms with Gasteiger partial charge in [0.1, 0.15) is 5.82 Å². The van der Waals surface area contributed by atoms with E-state index in [1.165, 1.54) is 37.4 Å². The van der Waals surface area contributed by atoms with E-state index in [2.05, 4.69) is 5.43 Å².